The number of hydrogen-bond acceptors (Lipinski definition) is 10. The minimum atomic E-state index is -1.46. The van der Waals surface area contributed by atoms with Crippen molar-refractivity contribution in [2.24, 2.45) is 0 Å². The first kappa shape index (κ1) is 96.4. The number of carboxylic acids is 1. The minimum Gasteiger partial charge on any atom is -0.539 e. The molecule has 0 aliphatic heterocycles. The van der Waals surface area contributed by atoms with Crippen LogP contribution in [0.15, 0.2) is 392 Å². The largest absolute Gasteiger partial charge is 1.00 e. The summed E-state index contributed by atoms with van der Waals surface area (Å²) in [5.74, 6) is -0.950. The molecule has 4 atom stereocenters. The second-order valence-electron chi connectivity index (χ2n) is 31.6. The molecule has 4 unspecified atom stereocenters. The number of fused-ring (bicyclic) bond motifs is 6. The minimum absolute atomic E-state index is 0. The Labute approximate surface area is 818 Å². The molecule has 0 bridgehead atoms. The third-order valence-corrected chi connectivity index (χ3v) is 26.0. The van der Waals surface area contributed by atoms with Crippen molar-refractivity contribution in [3.63, 3.8) is 0 Å². The summed E-state index contributed by atoms with van der Waals surface area (Å²) in [4.78, 5) is 40.8. The fraction of sp³-hybridized carbons (Fsp3) is 0.108. The Morgan fingerprint density at radius 1 is 0.310 bits per heavy atom. The zero-order chi connectivity index (χ0) is 90.6. The molecule has 11 nitrogen and oxygen atoms in total. The van der Waals surface area contributed by atoms with Gasteiger partial charge in [0.05, 0.1) is 0 Å². The molecule has 0 radical (unpaired) electrons. The van der Waals surface area contributed by atoms with Gasteiger partial charge in [0.15, 0.2) is 11.6 Å². The number of hydrogen-bond donors (Lipinski definition) is 7. The maximum Gasteiger partial charge on any atom is 1.00 e. The summed E-state index contributed by atoms with van der Waals surface area (Å²) in [5.41, 5.74) is 20.3. The molecule has 7 N–H and O–H groups in total. The van der Waals surface area contributed by atoms with Crippen LogP contribution in [-0.2, 0) is 38.3 Å². The summed E-state index contributed by atoms with van der Waals surface area (Å²) in [6.45, 7) is 9.26. The van der Waals surface area contributed by atoms with Gasteiger partial charge in [-0.15, -0.1) is 0 Å². The van der Waals surface area contributed by atoms with Gasteiger partial charge in [-0.1, -0.05) is 413 Å². The molecular formula is C111H89Br5NaO11P. The topological polar surface area (TPSA) is 202 Å². The molecule has 3 aliphatic carbocycles. The first-order valence-electron chi connectivity index (χ1n) is 41.5. The Hall–Kier alpha value is -10.1. The van der Waals surface area contributed by atoms with Gasteiger partial charge in [0.2, 0.25) is 0 Å². The van der Waals surface area contributed by atoms with Gasteiger partial charge in [-0.25, -0.2) is 9.03 Å². The average molecular weight is 2050 g/mol. The number of carboxylic acid groups (broad SMARTS) is 1. The number of aryl methyl sites for hydroxylation is 4. The Balaban J connectivity index is 0.000000156. The molecule has 0 spiro atoms. The van der Waals surface area contributed by atoms with Crippen LogP contribution in [0.1, 0.15) is 148 Å². The Bertz CT molecular complexity index is 6600. The van der Waals surface area contributed by atoms with Gasteiger partial charge in [-0.3, -0.25) is 19.6 Å². The fourth-order valence-electron chi connectivity index (χ4n) is 16.9. The molecule has 0 heterocycles. The molecule has 19 rings (SSSR count). The maximum atomic E-state index is 12.9. The number of aliphatic carboxylic acids is 1. The first-order valence-corrected chi connectivity index (χ1v) is 46.2. The summed E-state index contributed by atoms with van der Waals surface area (Å²) in [5, 5.41) is 66.0. The van der Waals surface area contributed by atoms with Gasteiger partial charge in [0.25, 0.3) is 5.97 Å². The van der Waals surface area contributed by atoms with Crippen LogP contribution in [0.4, 0.5) is 0 Å². The first-order chi connectivity index (χ1) is 61.7. The normalized spacial score (nSPS) is 16.3. The van der Waals surface area contributed by atoms with Crippen molar-refractivity contribution in [2.45, 2.75) is 76.3 Å². The number of benzene rings is 16. The number of aliphatic hydroxyl groups is 4. The predicted octanol–water partition coefficient (Wildman–Crippen LogP) is 25.0. The van der Waals surface area contributed by atoms with Crippen LogP contribution in [-0.4, -0.2) is 53.2 Å². The zero-order valence-corrected chi connectivity index (χ0v) is 82.3. The van der Waals surface area contributed by atoms with Gasteiger partial charge >= 0.3 is 29.6 Å². The standard InChI is InChI=1S/C43H37BrO2.C39H28Br2O2.C15H10O2.C12H8Br2.C2H4O2.Na.H2O3P/c1-3-4-7-30-11-13-31(14-12-30)32-15-21-35(22-16-32)42(45)38-8-5-6-9-39(38)43(46,41-28-29(2)10-27-40(41)42)36-23-17-33(18-24-36)34-19-25-37(44)26-20-34;1-25-6-23-36-37(24-25)39(43,31-17-9-27(10-18-31)29-13-21-33(41)22-14-29)35-5-3-2-4-34(35)38(36,42)30-15-7-26(8-16-30)28-11-19-32(40)20-12-28;1-9-6-7-12-13(8-9)15(17)11-5-3-2-4-10(11)14(12)16;13-11-5-1-9(2-6-11)10-3-7-12(14)8-4-10;1-2(3)4;;1-3-4-2/h5-6,8-28,45-46H,3-4,7H2,1-2H3;2-24,42-43H,1H3;2-8H,1H3;1-8H;1H3,(H,3,4);;1-2H/q;;;;;+1;-1. The van der Waals surface area contributed by atoms with Gasteiger partial charge in [0.1, 0.15) is 22.4 Å². The smallest absolute Gasteiger partial charge is 0.539 e. The summed E-state index contributed by atoms with van der Waals surface area (Å²) in [7, 11) is -0.446. The van der Waals surface area contributed by atoms with E-state index in [1.807, 2.05) is 197 Å². The van der Waals surface area contributed by atoms with Crippen molar-refractivity contribution in [1.82, 2.24) is 0 Å². The van der Waals surface area contributed by atoms with E-state index < -0.39 is 37.4 Å². The van der Waals surface area contributed by atoms with E-state index in [9.17, 15) is 30.0 Å². The van der Waals surface area contributed by atoms with Crippen LogP contribution >= 0.6 is 88.7 Å². The van der Waals surface area contributed by atoms with Crippen molar-refractivity contribution in [1.29, 1.82) is 0 Å². The van der Waals surface area contributed by atoms with Crippen LogP contribution in [0.2, 0.25) is 0 Å². The maximum absolute atomic E-state index is 12.9. The van der Waals surface area contributed by atoms with E-state index >= 15 is 0 Å². The van der Waals surface area contributed by atoms with Crippen molar-refractivity contribution in [2.75, 3.05) is 0 Å². The van der Waals surface area contributed by atoms with Crippen LogP contribution in [0.25, 0.3) is 55.6 Å². The van der Waals surface area contributed by atoms with E-state index in [0.717, 1.165) is 119 Å². The van der Waals surface area contributed by atoms with Crippen LogP contribution in [0, 0.1) is 20.8 Å². The molecule has 0 aromatic heterocycles. The molecule has 18 heteroatoms. The number of rotatable bonds is 13. The number of carbonyl (C=O) groups is 3. The molecule has 0 fully saturated rings. The number of ketones is 2. The molecule has 0 saturated carbocycles. The van der Waals surface area contributed by atoms with Gasteiger partial charge in [-0.2, -0.15) is 0 Å². The van der Waals surface area contributed by atoms with E-state index in [-0.39, 0.29) is 41.1 Å². The van der Waals surface area contributed by atoms with E-state index in [1.165, 1.54) is 29.5 Å². The predicted molar refractivity (Wildman–Crippen MR) is 531 cm³/mol. The molecule has 3 aliphatic rings. The molecule has 16 aromatic rings. The second kappa shape index (κ2) is 42.8. The van der Waals surface area contributed by atoms with Crippen molar-refractivity contribution < 1.29 is 84.3 Å². The monoisotopic (exact) mass is 2050 g/mol. The van der Waals surface area contributed by atoms with E-state index in [2.05, 4.69) is 249 Å². The fourth-order valence-corrected chi connectivity index (χ4v) is 18.2. The Kier molecular flexibility index (Phi) is 32.0. The van der Waals surface area contributed by atoms with Crippen molar-refractivity contribution in [3.8, 4) is 55.6 Å². The van der Waals surface area contributed by atoms with Crippen LogP contribution in [0.3, 0.4) is 0 Å². The molecule has 0 amide bonds. The van der Waals surface area contributed by atoms with Gasteiger partial charge in [-0.05, 0) is 228 Å². The van der Waals surface area contributed by atoms with Crippen LogP contribution in [0.5, 0.6) is 0 Å². The third-order valence-electron chi connectivity index (χ3n) is 23.3. The zero-order valence-electron chi connectivity index (χ0n) is 71.4. The van der Waals surface area contributed by atoms with Gasteiger partial charge < -0.3 is 35.1 Å². The van der Waals surface area contributed by atoms with Crippen molar-refractivity contribution in [3.05, 3.63) is 504 Å². The van der Waals surface area contributed by atoms with E-state index in [4.69, 9.17) is 20.1 Å². The average Bonchev–Trinajstić information content (AvgIpc) is 0.695. The quantitative estimate of drug-likeness (QED) is 0.0251. The number of halogens is 5. The van der Waals surface area contributed by atoms with Crippen molar-refractivity contribution >= 4 is 106 Å². The summed E-state index contributed by atoms with van der Waals surface area (Å²) < 4.78 is 8.38. The molecule has 0 saturated heterocycles. The van der Waals surface area contributed by atoms with Gasteiger partial charge in [0, 0.05) is 51.5 Å². The van der Waals surface area contributed by atoms with E-state index in [1.54, 1.807) is 36.4 Å². The molecule has 129 heavy (non-hydrogen) atoms. The number of unbranched alkanes of at least 4 members (excludes halogenated alkanes) is 1. The SMILES string of the molecule is Brc1ccc(-c2ccc(Br)cc2)cc1.CC(=O)O.CCCCc1ccc(-c2ccc(C3(O)c4ccccc4C(O)(c4ccc(-c5ccc(Br)cc5)cc4)c4cc(C)ccc43)cc2)cc1.Cc1ccc2c(c1)C(=O)c1ccccc1C2=O.Cc1ccc2c(c1)C(O)(c1ccc(-c3ccc(Br)cc3)cc1)c1ccccc1C2(O)c1ccc(-c2ccc(Br)cc2)cc1.OO[P-]O.[Na+]. The van der Waals surface area contributed by atoms with E-state index in [0.29, 0.717) is 66.8 Å². The Morgan fingerprint density at radius 2 is 0.519 bits per heavy atom. The molecular weight excluding hydrogens is 1960 g/mol. The third kappa shape index (κ3) is 20.9. The Morgan fingerprint density at radius 3 is 0.783 bits per heavy atom. The van der Waals surface area contributed by atoms with Crippen LogP contribution < -0.4 is 29.6 Å². The molecule has 16 aromatic carbocycles. The second-order valence-corrected chi connectivity index (χ2v) is 36.5. The molecule has 640 valence electrons. The summed E-state index contributed by atoms with van der Waals surface area (Å²) >= 11 is 17.4. The summed E-state index contributed by atoms with van der Waals surface area (Å²) in [6, 6.07) is 122. The summed E-state index contributed by atoms with van der Waals surface area (Å²) in [6.07, 6.45) is 3.48. The number of carbonyl (C=O) groups excluding carboxylic acids is 2.